The van der Waals surface area contributed by atoms with Gasteiger partial charge in [-0.05, 0) is 29.0 Å². The summed E-state index contributed by atoms with van der Waals surface area (Å²) in [5.41, 5.74) is 6.96. The molecule has 126 valence electrons. The Labute approximate surface area is 147 Å². The number of carboxylic acids is 1. The number of halogens is 2. The highest BCUT2D eigenvalue weighted by atomic mass is 35.5. The Balaban J connectivity index is 0.00000242. The first-order chi connectivity index (χ1) is 9.88. The summed E-state index contributed by atoms with van der Waals surface area (Å²) in [6, 6.07) is 10.1. The molecule has 2 aromatic carbocycles. The SMILES string of the molecule is CN(C)c1ccc2cc(C(=O)CC(N)C(=O)O)ccc2c1.Cl.Cl. The Morgan fingerprint density at radius 1 is 1.09 bits per heavy atom. The van der Waals surface area contributed by atoms with Crippen molar-refractivity contribution in [2.45, 2.75) is 12.5 Å². The molecule has 0 aliphatic carbocycles. The fraction of sp³-hybridized carbons (Fsp3) is 0.250. The van der Waals surface area contributed by atoms with Crippen LogP contribution in [0.2, 0.25) is 0 Å². The number of carbonyl (C=O) groups excluding carboxylic acids is 1. The predicted molar refractivity (Wildman–Crippen MR) is 97.3 cm³/mol. The minimum absolute atomic E-state index is 0. The highest BCUT2D eigenvalue weighted by molar-refractivity contribution is 6.02. The van der Waals surface area contributed by atoms with Crippen LogP contribution in [-0.4, -0.2) is 37.0 Å². The maximum absolute atomic E-state index is 12.0. The lowest BCUT2D eigenvalue weighted by molar-refractivity contribution is -0.138. The molecule has 0 fully saturated rings. The first-order valence-electron chi connectivity index (χ1n) is 6.61. The van der Waals surface area contributed by atoms with Gasteiger partial charge in [0.25, 0.3) is 0 Å². The second-order valence-corrected chi connectivity index (χ2v) is 5.21. The van der Waals surface area contributed by atoms with Crippen LogP contribution in [0.5, 0.6) is 0 Å². The molecule has 5 nitrogen and oxygen atoms in total. The minimum Gasteiger partial charge on any atom is -0.480 e. The molecule has 0 saturated carbocycles. The Morgan fingerprint density at radius 3 is 2.22 bits per heavy atom. The van der Waals surface area contributed by atoms with Crippen molar-refractivity contribution >= 4 is 53.0 Å². The number of ketones is 1. The molecule has 1 unspecified atom stereocenters. The van der Waals surface area contributed by atoms with Crippen LogP contribution < -0.4 is 10.6 Å². The van der Waals surface area contributed by atoms with Crippen LogP contribution in [0, 0.1) is 0 Å². The summed E-state index contributed by atoms with van der Waals surface area (Å²) < 4.78 is 0. The van der Waals surface area contributed by atoms with Crippen molar-refractivity contribution in [3.8, 4) is 0 Å². The predicted octanol–water partition coefficient (Wildman–Crippen LogP) is 2.73. The summed E-state index contributed by atoms with van der Waals surface area (Å²) in [7, 11) is 3.93. The van der Waals surface area contributed by atoms with Crippen LogP contribution in [0.25, 0.3) is 10.8 Å². The zero-order valence-electron chi connectivity index (χ0n) is 12.9. The molecule has 2 rings (SSSR count). The number of carbonyl (C=O) groups is 2. The van der Waals surface area contributed by atoms with Gasteiger partial charge in [0, 0.05) is 31.8 Å². The maximum atomic E-state index is 12.0. The summed E-state index contributed by atoms with van der Waals surface area (Å²) >= 11 is 0. The highest BCUT2D eigenvalue weighted by Gasteiger charge is 2.17. The van der Waals surface area contributed by atoms with E-state index in [1.165, 1.54) is 0 Å². The monoisotopic (exact) mass is 358 g/mol. The topological polar surface area (TPSA) is 83.6 Å². The number of nitrogens with zero attached hydrogens (tertiary/aromatic N) is 1. The average Bonchev–Trinajstić information content (AvgIpc) is 2.45. The van der Waals surface area contributed by atoms with Crippen LogP contribution in [0.1, 0.15) is 16.8 Å². The second-order valence-electron chi connectivity index (χ2n) is 5.21. The van der Waals surface area contributed by atoms with E-state index in [1.54, 1.807) is 12.1 Å². The van der Waals surface area contributed by atoms with Crippen molar-refractivity contribution in [2.24, 2.45) is 5.73 Å². The maximum Gasteiger partial charge on any atom is 0.320 e. The molecule has 2 aromatic rings. The average molecular weight is 359 g/mol. The first kappa shape index (κ1) is 21.2. The van der Waals surface area contributed by atoms with Crippen LogP contribution in [0.4, 0.5) is 5.69 Å². The summed E-state index contributed by atoms with van der Waals surface area (Å²) in [6.45, 7) is 0. The lowest BCUT2D eigenvalue weighted by Gasteiger charge is -2.13. The van der Waals surface area contributed by atoms with Crippen LogP contribution >= 0.6 is 24.8 Å². The zero-order chi connectivity index (χ0) is 15.6. The molecule has 0 heterocycles. The van der Waals surface area contributed by atoms with Crippen molar-refractivity contribution in [1.29, 1.82) is 0 Å². The van der Waals surface area contributed by atoms with Gasteiger partial charge in [0.1, 0.15) is 6.04 Å². The number of rotatable bonds is 5. The Kier molecular flexibility index (Phi) is 8.03. The third kappa shape index (κ3) is 5.10. The quantitative estimate of drug-likeness (QED) is 0.802. The van der Waals surface area contributed by atoms with Gasteiger partial charge in [-0.1, -0.05) is 18.2 Å². The Morgan fingerprint density at radius 2 is 1.65 bits per heavy atom. The third-order valence-corrected chi connectivity index (χ3v) is 3.38. The molecule has 3 N–H and O–H groups in total. The minimum atomic E-state index is -1.17. The number of anilines is 1. The number of Topliss-reactive ketones (excluding diaryl/α,β-unsaturated/α-hetero) is 1. The van der Waals surface area contributed by atoms with E-state index in [2.05, 4.69) is 0 Å². The number of benzene rings is 2. The summed E-state index contributed by atoms with van der Waals surface area (Å²) in [5, 5.41) is 10.7. The molecule has 0 aromatic heterocycles. The number of nitrogens with two attached hydrogens (primary N) is 1. The molecule has 0 radical (unpaired) electrons. The van der Waals surface area contributed by atoms with Crippen molar-refractivity contribution < 1.29 is 14.7 Å². The highest BCUT2D eigenvalue weighted by Crippen LogP contribution is 2.22. The lowest BCUT2D eigenvalue weighted by Crippen LogP contribution is -2.32. The van der Waals surface area contributed by atoms with E-state index in [-0.39, 0.29) is 37.0 Å². The molecule has 0 amide bonds. The normalized spacial score (nSPS) is 11.1. The zero-order valence-corrected chi connectivity index (χ0v) is 14.5. The Bertz CT molecular complexity index is 705. The fourth-order valence-corrected chi connectivity index (χ4v) is 2.09. The van der Waals surface area contributed by atoms with Crippen LogP contribution in [0.15, 0.2) is 36.4 Å². The molecule has 0 aliphatic rings. The molecular formula is C16H20Cl2N2O3. The number of hydrogen-bond acceptors (Lipinski definition) is 4. The van der Waals surface area contributed by atoms with E-state index in [0.29, 0.717) is 5.56 Å². The van der Waals surface area contributed by atoms with Crippen molar-refractivity contribution in [2.75, 3.05) is 19.0 Å². The van der Waals surface area contributed by atoms with Gasteiger partial charge in [0.05, 0.1) is 0 Å². The van der Waals surface area contributed by atoms with Crippen molar-refractivity contribution in [1.82, 2.24) is 0 Å². The molecule has 0 saturated heterocycles. The summed E-state index contributed by atoms with van der Waals surface area (Å²) in [5.74, 6) is -1.43. The van der Waals surface area contributed by atoms with E-state index in [4.69, 9.17) is 10.8 Å². The number of carboxylic acid groups (broad SMARTS) is 1. The summed E-state index contributed by atoms with van der Waals surface area (Å²) in [6.07, 6.45) is -0.198. The van der Waals surface area contributed by atoms with E-state index in [0.717, 1.165) is 16.5 Å². The van der Waals surface area contributed by atoms with Crippen molar-refractivity contribution in [3.05, 3.63) is 42.0 Å². The first-order valence-corrected chi connectivity index (χ1v) is 6.61. The molecule has 0 spiro atoms. The van der Waals surface area contributed by atoms with Gasteiger partial charge >= 0.3 is 5.97 Å². The molecule has 7 heteroatoms. The number of aliphatic carboxylic acids is 1. The van der Waals surface area contributed by atoms with Crippen molar-refractivity contribution in [3.63, 3.8) is 0 Å². The van der Waals surface area contributed by atoms with Crippen LogP contribution in [-0.2, 0) is 4.79 Å². The van der Waals surface area contributed by atoms with Gasteiger partial charge in [-0.25, -0.2) is 0 Å². The van der Waals surface area contributed by atoms with Crippen LogP contribution in [0.3, 0.4) is 0 Å². The van der Waals surface area contributed by atoms with Gasteiger partial charge in [0.15, 0.2) is 5.78 Å². The van der Waals surface area contributed by atoms with Gasteiger partial charge in [-0.2, -0.15) is 0 Å². The number of fused-ring (bicyclic) bond motifs is 1. The van der Waals surface area contributed by atoms with E-state index in [9.17, 15) is 9.59 Å². The Hall–Kier alpha value is -1.82. The summed E-state index contributed by atoms with van der Waals surface area (Å²) in [4.78, 5) is 24.7. The third-order valence-electron chi connectivity index (χ3n) is 3.38. The van der Waals surface area contributed by atoms with Gasteiger partial charge in [-0.15, -0.1) is 24.8 Å². The molecule has 23 heavy (non-hydrogen) atoms. The second kappa shape index (κ2) is 8.72. The smallest absolute Gasteiger partial charge is 0.320 e. The largest absolute Gasteiger partial charge is 0.480 e. The number of hydrogen-bond donors (Lipinski definition) is 2. The lowest BCUT2D eigenvalue weighted by atomic mass is 10.00. The van der Waals surface area contributed by atoms with Gasteiger partial charge in [0.2, 0.25) is 0 Å². The molecule has 0 aliphatic heterocycles. The fourth-order valence-electron chi connectivity index (χ4n) is 2.09. The molecular weight excluding hydrogens is 339 g/mol. The van der Waals surface area contributed by atoms with Gasteiger partial charge < -0.3 is 15.7 Å². The molecule has 1 atom stereocenters. The van der Waals surface area contributed by atoms with E-state index in [1.807, 2.05) is 43.3 Å². The van der Waals surface area contributed by atoms with Gasteiger partial charge in [-0.3, -0.25) is 9.59 Å². The van der Waals surface area contributed by atoms with E-state index < -0.39 is 12.0 Å². The standard InChI is InChI=1S/C16H18N2O3.2ClH/c1-18(2)13-6-5-10-7-12(4-3-11(10)8-13)15(19)9-14(17)16(20)21;;/h3-8,14H,9,17H2,1-2H3,(H,20,21);2*1H. The van der Waals surface area contributed by atoms with E-state index >= 15 is 0 Å². The molecule has 0 bridgehead atoms.